The van der Waals surface area contributed by atoms with E-state index in [9.17, 15) is 26.3 Å². The number of nitrogens with zero attached hydrogens (tertiary/aromatic N) is 2. The lowest BCUT2D eigenvalue weighted by molar-refractivity contribution is -0.985. The molecule has 5 aromatic rings. The van der Waals surface area contributed by atoms with Crippen LogP contribution in [-0.2, 0) is 30.2 Å². The predicted molar refractivity (Wildman–Crippen MR) is 202 cm³/mol. The highest BCUT2D eigenvalue weighted by Crippen LogP contribution is 2.49. The lowest BCUT2D eigenvalue weighted by atomic mass is 9.71. The Morgan fingerprint density at radius 1 is 0.852 bits per heavy atom. The summed E-state index contributed by atoms with van der Waals surface area (Å²) in [5.74, 6) is 0.851. The number of halogens is 6. The van der Waals surface area contributed by atoms with E-state index >= 15 is 0 Å². The number of hydrogen-bond acceptors (Lipinski definition) is 3. The van der Waals surface area contributed by atoms with Gasteiger partial charge in [0.1, 0.15) is 18.7 Å². The summed E-state index contributed by atoms with van der Waals surface area (Å²) >= 11 is 5.40. The van der Waals surface area contributed by atoms with Crippen LogP contribution in [0.2, 0.25) is 0 Å². The van der Waals surface area contributed by atoms with Gasteiger partial charge in [-0.15, -0.1) is 6.58 Å². The lowest BCUT2D eigenvalue weighted by Crippen LogP contribution is -2.67. The average Bonchev–Trinajstić information content (AvgIpc) is 3.15. The molecule has 0 spiro atoms. The fourth-order valence-corrected chi connectivity index (χ4v) is 8.53. The second-order valence-corrected chi connectivity index (χ2v) is 14.7. The summed E-state index contributed by atoms with van der Waals surface area (Å²) in [4.78, 5) is 4.64. The van der Waals surface area contributed by atoms with Crippen molar-refractivity contribution in [2.45, 2.75) is 50.5 Å². The quantitative estimate of drug-likeness (QED) is 0.0642. The molecule has 4 aromatic carbocycles. The van der Waals surface area contributed by atoms with E-state index in [4.69, 9.17) is 17.0 Å². The van der Waals surface area contributed by atoms with Crippen LogP contribution < -0.4 is 10.6 Å². The number of piperidine rings is 3. The molecule has 12 heteroatoms. The first kappa shape index (κ1) is 37.5. The van der Waals surface area contributed by atoms with Gasteiger partial charge in [-0.3, -0.25) is 4.98 Å². The molecule has 1 aromatic heterocycles. The standard InChI is InChI=1S/C42H38F6N4OS/c1-2-29-25-52(24-27-9-5-3-6-10-27)18-16-30(29)19-38(52)39(53-26-28-11-7-4-8-12-28)35-15-17-49-37-14-13-33(23-36(35)37)50-40(54)51-34-21-31(41(43,44)45)20-32(22-34)42(46,47)48/h2-15,17,20-23,29-30,38-39H,1,16,18-19,24-26H2,(H-,50,51,54)/p+1/t29?,30?,38?,39-,52?/m1/s1. The van der Waals surface area contributed by atoms with Crippen molar-refractivity contribution in [2.75, 3.05) is 23.7 Å². The lowest BCUT2D eigenvalue weighted by Gasteiger charge is -2.58. The monoisotopic (exact) mass is 761 g/mol. The number of ether oxygens (including phenoxy) is 1. The minimum Gasteiger partial charge on any atom is -0.363 e. The molecule has 8 rings (SSSR count). The van der Waals surface area contributed by atoms with E-state index in [1.165, 1.54) is 5.56 Å². The van der Waals surface area contributed by atoms with Gasteiger partial charge in [0.25, 0.3) is 0 Å². The van der Waals surface area contributed by atoms with Gasteiger partial charge in [-0.1, -0.05) is 66.7 Å². The Bertz CT molecular complexity index is 2100. The summed E-state index contributed by atoms with van der Waals surface area (Å²) < 4.78 is 88.9. The van der Waals surface area contributed by atoms with Gasteiger partial charge >= 0.3 is 12.4 Å². The van der Waals surface area contributed by atoms with E-state index in [0.717, 1.165) is 53.5 Å². The highest BCUT2D eigenvalue weighted by molar-refractivity contribution is 7.80. The molecule has 280 valence electrons. The molecule has 3 aliphatic heterocycles. The topological polar surface area (TPSA) is 46.2 Å². The molecule has 0 radical (unpaired) electrons. The van der Waals surface area contributed by atoms with Crippen LogP contribution in [0.25, 0.3) is 10.9 Å². The van der Waals surface area contributed by atoms with Gasteiger partial charge in [-0.2, -0.15) is 26.3 Å². The number of quaternary nitrogens is 1. The molecular weight excluding hydrogens is 723 g/mol. The van der Waals surface area contributed by atoms with Crippen LogP contribution in [0.15, 0.2) is 122 Å². The van der Waals surface area contributed by atoms with Gasteiger partial charge in [-0.05, 0) is 71.7 Å². The smallest absolute Gasteiger partial charge is 0.363 e. The van der Waals surface area contributed by atoms with Crippen LogP contribution in [0.3, 0.4) is 0 Å². The third kappa shape index (κ3) is 8.15. The SMILES string of the molecule is C=CC1C[N+]2(Cc3ccccc3)CCC1CC2[C@H](OCc1ccccc1)c1ccnc2ccc(NC(=S)Nc3cc(C(F)(F)F)cc(C(F)(F)F)c3)cc12. The Labute approximate surface area is 315 Å². The zero-order valence-electron chi connectivity index (χ0n) is 29.2. The van der Waals surface area contributed by atoms with E-state index in [-0.39, 0.29) is 23.3 Å². The first-order valence-corrected chi connectivity index (χ1v) is 18.2. The predicted octanol–water partition coefficient (Wildman–Crippen LogP) is 11.0. The van der Waals surface area contributed by atoms with Gasteiger partial charge < -0.3 is 19.9 Å². The van der Waals surface area contributed by atoms with Crippen LogP contribution in [0.5, 0.6) is 0 Å². The summed E-state index contributed by atoms with van der Waals surface area (Å²) in [6.45, 7) is 7.38. The number of hydrogen-bond donors (Lipinski definition) is 2. The first-order valence-electron chi connectivity index (χ1n) is 17.8. The number of aromatic nitrogens is 1. The third-order valence-electron chi connectivity index (χ3n) is 10.8. The summed E-state index contributed by atoms with van der Waals surface area (Å²) in [6.07, 6.45) is -4.41. The molecule has 4 heterocycles. The highest BCUT2D eigenvalue weighted by atomic mass is 32.1. The van der Waals surface area contributed by atoms with Crippen LogP contribution in [0.4, 0.5) is 37.7 Å². The minimum atomic E-state index is -4.99. The molecule has 0 saturated carbocycles. The largest absolute Gasteiger partial charge is 0.416 e. The molecule has 3 aliphatic rings. The van der Waals surface area contributed by atoms with Crippen LogP contribution in [0.1, 0.15) is 46.8 Å². The van der Waals surface area contributed by atoms with Crippen molar-refractivity contribution >= 4 is 39.6 Å². The van der Waals surface area contributed by atoms with Crippen molar-refractivity contribution in [2.24, 2.45) is 11.8 Å². The Morgan fingerprint density at radius 2 is 1.50 bits per heavy atom. The van der Waals surface area contributed by atoms with E-state index < -0.39 is 29.2 Å². The number of alkyl halides is 6. The Balaban J connectivity index is 1.24. The zero-order chi connectivity index (χ0) is 38.1. The highest BCUT2D eigenvalue weighted by Gasteiger charge is 2.54. The molecule has 3 saturated heterocycles. The summed E-state index contributed by atoms with van der Waals surface area (Å²) in [5.41, 5.74) is 1.08. The fraction of sp³-hybridized carbons (Fsp3) is 0.286. The van der Waals surface area contributed by atoms with Crippen molar-refractivity contribution in [3.05, 3.63) is 150 Å². The van der Waals surface area contributed by atoms with Crippen molar-refractivity contribution in [3.63, 3.8) is 0 Å². The third-order valence-corrected chi connectivity index (χ3v) is 11.0. The molecule has 5 nitrogen and oxygen atoms in total. The maximum Gasteiger partial charge on any atom is 0.416 e. The minimum absolute atomic E-state index is 0.0776. The van der Waals surface area contributed by atoms with E-state index in [1.807, 2.05) is 48.5 Å². The molecule has 2 N–H and O–H groups in total. The van der Waals surface area contributed by atoms with Crippen LogP contribution in [-0.4, -0.2) is 33.7 Å². The number of pyridine rings is 1. The van der Waals surface area contributed by atoms with Crippen LogP contribution in [0, 0.1) is 11.8 Å². The maximum absolute atomic E-state index is 13.5. The van der Waals surface area contributed by atoms with Gasteiger partial charge in [0, 0.05) is 47.3 Å². The second-order valence-electron chi connectivity index (χ2n) is 14.2. The van der Waals surface area contributed by atoms with Crippen molar-refractivity contribution in [1.82, 2.24) is 4.98 Å². The molecule has 3 fully saturated rings. The Morgan fingerprint density at radius 3 is 2.15 bits per heavy atom. The van der Waals surface area contributed by atoms with Gasteiger partial charge in [0.15, 0.2) is 5.11 Å². The second kappa shape index (κ2) is 15.2. The van der Waals surface area contributed by atoms with E-state index in [0.29, 0.717) is 41.8 Å². The number of benzene rings is 4. The van der Waals surface area contributed by atoms with Crippen molar-refractivity contribution in [1.29, 1.82) is 0 Å². The van der Waals surface area contributed by atoms with Crippen molar-refractivity contribution in [3.8, 4) is 0 Å². The molecule has 5 atom stereocenters. The molecule has 0 amide bonds. The maximum atomic E-state index is 13.5. The number of thiocarbonyl (C=S) groups is 1. The average molecular weight is 762 g/mol. The Hall–Kier alpha value is -4.78. The van der Waals surface area contributed by atoms with Gasteiger partial charge in [0.2, 0.25) is 0 Å². The number of rotatable bonds is 10. The summed E-state index contributed by atoms with van der Waals surface area (Å²) in [6, 6.07) is 29.2. The Kier molecular flexibility index (Phi) is 10.5. The molecule has 4 unspecified atom stereocenters. The zero-order valence-corrected chi connectivity index (χ0v) is 30.0. The van der Waals surface area contributed by atoms with Gasteiger partial charge in [0.05, 0.1) is 36.3 Å². The fourth-order valence-electron chi connectivity index (χ4n) is 8.29. The molecule has 54 heavy (non-hydrogen) atoms. The van der Waals surface area contributed by atoms with E-state index in [1.54, 1.807) is 18.3 Å². The molecule has 2 bridgehead atoms. The summed E-state index contributed by atoms with van der Waals surface area (Å²) in [7, 11) is 0. The normalized spacial score (nSPS) is 21.8. The molecule has 0 aliphatic carbocycles. The van der Waals surface area contributed by atoms with E-state index in [2.05, 4.69) is 52.5 Å². The molecular formula is C42H39F6N4OS+. The van der Waals surface area contributed by atoms with Crippen LogP contribution >= 0.6 is 12.2 Å². The number of fused-ring (bicyclic) bond motifs is 4. The number of nitrogens with one attached hydrogen (secondary N) is 2. The first-order chi connectivity index (χ1) is 25.8. The van der Waals surface area contributed by atoms with Gasteiger partial charge in [-0.25, -0.2) is 0 Å². The summed E-state index contributed by atoms with van der Waals surface area (Å²) in [5, 5.41) is 6.09. The number of anilines is 2. The van der Waals surface area contributed by atoms with Crippen molar-refractivity contribution < 1.29 is 35.6 Å².